The van der Waals surface area contributed by atoms with E-state index < -0.39 is 0 Å². The smallest absolute Gasteiger partial charge is 0.243 e. The van der Waals surface area contributed by atoms with Crippen molar-refractivity contribution in [2.24, 2.45) is 0 Å². The molecule has 0 saturated carbocycles. The second-order valence-electron chi connectivity index (χ2n) is 5.77. The number of carbonyl (C=O) groups is 1. The van der Waals surface area contributed by atoms with E-state index in [4.69, 9.17) is 0 Å². The van der Waals surface area contributed by atoms with Gasteiger partial charge in [-0.25, -0.2) is 0 Å². The summed E-state index contributed by atoms with van der Waals surface area (Å²) in [6, 6.07) is 8.12. The first-order valence-corrected chi connectivity index (χ1v) is 7.61. The largest absolute Gasteiger partial charge is 0.309 e. The van der Waals surface area contributed by atoms with E-state index in [-0.39, 0.29) is 11.9 Å². The molecule has 1 fully saturated rings. The number of benzene rings is 1. The van der Waals surface area contributed by atoms with E-state index in [2.05, 4.69) is 22.3 Å². The molecule has 0 unspecified atom stereocenters. The van der Waals surface area contributed by atoms with Gasteiger partial charge in [0.25, 0.3) is 0 Å². The first kappa shape index (κ1) is 13.6. The molecule has 1 atom stereocenters. The lowest BCUT2D eigenvalue weighted by molar-refractivity contribution is -0.120. The molecule has 108 valence electrons. The van der Waals surface area contributed by atoms with Gasteiger partial charge in [0.2, 0.25) is 5.91 Å². The second kappa shape index (κ2) is 5.94. The number of rotatable bonds is 3. The molecule has 1 aromatic carbocycles. The summed E-state index contributed by atoms with van der Waals surface area (Å²) in [5.41, 5.74) is 2.29. The number of fused-ring (bicyclic) bond motifs is 1. The molecule has 0 spiro atoms. The highest BCUT2D eigenvalue weighted by molar-refractivity contribution is 5.98. The van der Waals surface area contributed by atoms with Gasteiger partial charge >= 0.3 is 0 Å². The van der Waals surface area contributed by atoms with Crippen molar-refractivity contribution in [1.82, 2.24) is 10.2 Å². The Kier molecular flexibility index (Phi) is 4.03. The Hall–Kier alpha value is -1.39. The summed E-state index contributed by atoms with van der Waals surface area (Å²) < 4.78 is 0. The van der Waals surface area contributed by atoms with Crippen LogP contribution in [0.2, 0.25) is 0 Å². The molecule has 20 heavy (non-hydrogen) atoms. The molecule has 3 rings (SSSR count). The van der Waals surface area contributed by atoms with Gasteiger partial charge in [-0.15, -0.1) is 0 Å². The number of nitrogens with one attached hydrogen (secondary N) is 1. The van der Waals surface area contributed by atoms with Crippen LogP contribution in [0.1, 0.15) is 25.3 Å². The molecule has 1 amide bonds. The standard InChI is InChI=1S/C16H23N3O/c1-13-16(20)19(11-10-18-8-4-5-9-18)15-7-3-2-6-14(15)12-17-13/h2-3,6-7,13,17H,4-5,8-12H2,1H3/t13-/m0/s1. The second-order valence-corrected chi connectivity index (χ2v) is 5.77. The molecule has 2 aliphatic heterocycles. The van der Waals surface area contributed by atoms with Crippen LogP contribution in [-0.2, 0) is 11.3 Å². The summed E-state index contributed by atoms with van der Waals surface area (Å²) >= 11 is 0. The Labute approximate surface area is 120 Å². The Morgan fingerprint density at radius 1 is 1.20 bits per heavy atom. The van der Waals surface area contributed by atoms with Crippen molar-refractivity contribution in [2.75, 3.05) is 31.1 Å². The summed E-state index contributed by atoms with van der Waals surface area (Å²) in [4.78, 5) is 17.0. The van der Waals surface area contributed by atoms with Crippen LogP contribution in [0.15, 0.2) is 24.3 Å². The minimum absolute atomic E-state index is 0.110. The van der Waals surface area contributed by atoms with E-state index in [1.807, 2.05) is 24.0 Å². The number of hydrogen-bond donors (Lipinski definition) is 1. The first-order valence-electron chi connectivity index (χ1n) is 7.61. The maximum atomic E-state index is 12.6. The van der Waals surface area contributed by atoms with Crippen molar-refractivity contribution in [3.8, 4) is 0 Å². The Morgan fingerprint density at radius 3 is 2.75 bits per heavy atom. The van der Waals surface area contributed by atoms with Crippen LogP contribution in [0.25, 0.3) is 0 Å². The fourth-order valence-electron chi connectivity index (χ4n) is 3.10. The molecule has 1 aromatic rings. The van der Waals surface area contributed by atoms with E-state index >= 15 is 0 Å². The van der Waals surface area contributed by atoms with E-state index in [0.29, 0.717) is 0 Å². The lowest BCUT2D eigenvalue weighted by Crippen LogP contribution is -2.45. The number of hydrogen-bond acceptors (Lipinski definition) is 3. The van der Waals surface area contributed by atoms with Gasteiger partial charge < -0.3 is 15.1 Å². The quantitative estimate of drug-likeness (QED) is 0.909. The number of amides is 1. The van der Waals surface area contributed by atoms with Gasteiger partial charge in [0.1, 0.15) is 0 Å². The fraction of sp³-hybridized carbons (Fsp3) is 0.562. The van der Waals surface area contributed by atoms with Crippen LogP contribution in [0.3, 0.4) is 0 Å². The van der Waals surface area contributed by atoms with Crippen molar-refractivity contribution < 1.29 is 4.79 Å². The molecule has 4 heteroatoms. The summed E-state index contributed by atoms with van der Waals surface area (Å²) in [7, 11) is 0. The molecule has 0 bridgehead atoms. The number of para-hydroxylation sites is 1. The van der Waals surface area contributed by atoms with Crippen molar-refractivity contribution in [2.45, 2.75) is 32.4 Å². The maximum Gasteiger partial charge on any atom is 0.243 e. The van der Waals surface area contributed by atoms with Crippen LogP contribution in [0.4, 0.5) is 5.69 Å². The van der Waals surface area contributed by atoms with Crippen LogP contribution >= 0.6 is 0 Å². The summed E-state index contributed by atoms with van der Waals surface area (Å²) in [6.07, 6.45) is 2.59. The molecule has 0 aliphatic carbocycles. The minimum atomic E-state index is -0.110. The van der Waals surface area contributed by atoms with E-state index in [1.54, 1.807) is 0 Å². The topological polar surface area (TPSA) is 35.6 Å². The zero-order valence-electron chi connectivity index (χ0n) is 12.1. The highest BCUT2D eigenvalue weighted by Gasteiger charge is 2.27. The number of nitrogens with zero attached hydrogens (tertiary/aromatic N) is 2. The normalized spacial score (nSPS) is 23.8. The molecular formula is C16H23N3O. The third kappa shape index (κ3) is 2.72. The van der Waals surface area contributed by atoms with Gasteiger partial charge in [-0.2, -0.15) is 0 Å². The highest BCUT2D eigenvalue weighted by atomic mass is 16.2. The van der Waals surface area contributed by atoms with Crippen molar-refractivity contribution >= 4 is 11.6 Å². The van der Waals surface area contributed by atoms with Gasteiger partial charge in [-0.1, -0.05) is 18.2 Å². The molecule has 4 nitrogen and oxygen atoms in total. The zero-order chi connectivity index (χ0) is 13.9. The molecule has 1 N–H and O–H groups in total. The fourth-order valence-corrected chi connectivity index (χ4v) is 3.10. The summed E-state index contributed by atoms with van der Waals surface area (Å²) in [5.74, 6) is 0.189. The molecule has 0 aromatic heterocycles. The molecule has 2 aliphatic rings. The van der Waals surface area contributed by atoms with E-state index in [9.17, 15) is 4.79 Å². The average molecular weight is 273 g/mol. The van der Waals surface area contributed by atoms with Crippen molar-refractivity contribution in [3.05, 3.63) is 29.8 Å². The SMILES string of the molecule is C[C@@H]1NCc2ccccc2N(CCN2CCCC2)C1=O. The zero-order valence-corrected chi connectivity index (χ0v) is 12.1. The number of carbonyl (C=O) groups excluding carboxylic acids is 1. The lowest BCUT2D eigenvalue weighted by atomic mass is 10.1. The van der Waals surface area contributed by atoms with Gasteiger partial charge in [0.05, 0.1) is 6.04 Å². The molecule has 2 heterocycles. The van der Waals surface area contributed by atoms with Gasteiger partial charge in [-0.3, -0.25) is 4.79 Å². The lowest BCUT2D eigenvalue weighted by Gasteiger charge is -2.26. The number of anilines is 1. The van der Waals surface area contributed by atoms with Crippen molar-refractivity contribution in [1.29, 1.82) is 0 Å². The molecule has 0 radical (unpaired) electrons. The number of likely N-dealkylation sites (tertiary alicyclic amines) is 1. The minimum Gasteiger partial charge on any atom is -0.309 e. The van der Waals surface area contributed by atoms with E-state index in [1.165, 1.54) is 31.5 Å². The van der Waals surface area contributed by atoms with Gasteiger partial charge in [0.15, 0.2) is 0 Å². The first-order chi connectivity index (χ1) is 9.75. The van der Waals surface area contributed by atoms with Crippen molar-refractivity contribution in [3.63, 3.8) is 0 Å². The Balaban J connectivity index is 1.79. The molecule has 1 saturated heterocycles. The molecular weight excluding hydrogens is 250 g/mol. The third-order valence-electron chi connectivity index (χ3n) is 4.36. The van der Waals surface area contributed by atoms with Crippen LogP contribution in [0, 0.1) is 0 Å². The Bertz CT molecular complexity index is 482. The monoisotopic (exact) mass is 273 g/mol. The summed E-state index contributed by atoms with van der Waals surface area (Å²) in [5, 5.41) is 3.30. The highest BCUT2D eigenvalue weighted by Crippen LogP contribution is 2.24. The Morgan fingerprint density at radius 2 is 1.95 bits per heavy atom. The predicted molar refractivity (Wildman–Crippen MR) is 80.8 cm³/mol. The van der Waals surface area contributed by atoms with Crippen LogP contribution in [0.5, 0.6) is 0 Å². The van der Waals surface area contributed by atoms with Crippen LogP contribution < -0.4 is 10.2 Å². The van der Waals surface area contributed by atoms with E-state index in [0.717, 1.165) is 25.3 Å². The van der Waals surface area contributed by atoms with Gasteiger partial charge in [0, 0.05) is 25.3 Å². The third-order valence-corrected chi connectivity index (χ3v) is 4.36. The summed E-state index contributed by atoms with van der Waals surface area (Å²) in [6.45, 7) is 6.85. The predicted octanol–water partition coefficient (Wildman–Crippen LogP) is 1.61. The van der Waals surface area contributed by atoms with Crippen LogP contribution in [-0.4, -0.2) is 43.0 Å². The maximum absolute atomic E-state index is 12.6. The van der Waals surface area contributed by atoms with Gasteiger partial charge in [-0.05, 0) is 44.5 Å². The average Bonchev–Trinajstić information content (AvgIpc) is 2.95.